The summed E-state index contributed by atoms with van der Waals surface area (Å²) in [4.78, 5) is 23.5. The van der Waals surface area contributed by atoms with Crippen LogP contribution in [-0.2, 0) is 0 Å². The third-order valence-corrected chi connectivity index (χ3v) is 5.51. The molecule has 27 heavy (non-hydrogen) atoms. The molecule has 3 aromatic rings. The van der Waals surface area contributed by atoms with Crippen molar-refractivity contribution < 1.29 is 9.69 Å². The van der Waals surface area contributed by atoms with Crippen molar-refractivity contribution in [2.24, 2.45) is 0 Å². The zero-order chi connectivity index (χ0) is 18.6. The zero-order valence-corrected chi connectivity index (χ0v) is 15.6. The molecule has 0 saturated carbocycles. The number of para-hydroxylation sites is 1. The number of pyridine rings is 2. The molecule has 1 aliphatic heterocycles. The van der Waals surface area contributed by atoms with Gasteiger partial charge in [-0.2, -0.15) is 0 Å². The SMILES string of the molecule is CC[NH+]1CCCC1CNC(=O)c1cc(-c2cccnc2)nc2ccccc12. The molecule has 0 aliphatic carbocycles. The van der Waals surface area contributed by atoms with Crippen molar-refractivity contribution in [3.8, 4) is 11.3 Å². The van der Waals surface area contributed by atoms with Crippen molar-refractivity contribution in [2.75, 3.05) is 19.6 Å². The second-order valence-corrected chi connectivity index (χ2v) is 7.12. The van der Waals surface area contributed by atoms with Gasteiger partial charge in [-0.3, -0.25) is 9.78 Å². The minimum Gasteiger partial charge on any atom is -0.346 e. The van der Waals surface area contributed by atoms with Crippen LogP contribution in [0.15, 0.2) is 54.9 Å². The number of nitrogens with zero attached hydrogens (tertiary/aromatic N) is 2. The van der Waals surface area contributed by atoms with Gasteiger partial charge >= 0.3 is 0 Å². The van der Waals surface area contributed by atoms with E-state index in [1.54, 1.807) is 17.3 Å². The van der Waals surface area contributed by atoms with Gasteiger partial charge in [0.05, 0.1) is 36.4 Å². The molecule has 1 aromatic carbocycles. The molecule has 2 atom stereocenters. The van der Waals surface area contributed by atoms with Gasteiger partial charge in [0.15, 0.2) is 0 Å². The number of likely N-dealkylation sites (tertiary alicyclic amines) is 1. The van der Waals surface area contributed by atoms with Crippen molar-refractivity contribution >= 4 is 16.8 Å². The van der Waals surface area contributed by atoms with Gasteiger partial charge in [-0.1, -0.05) is 18.2 Å². The summed E-state index contributed by atoms with van der Waals surface area (Å²) in [5.41, 5.74) is 3.18. The number of aromatic nitrogens is 2. The minimum absolute atomic E-state index is 0.0268. The summed E-state index contributed by atoms with van der Waals surface area (Å²) in [5, 5.41) is 4.06. The second kappa shape index (κ2) is 7.84. The summed E-state index contributed by atoms with van der Waals surface area (Å²) in [6.45, 7) is 5.26. The Morgan fingerprint density at radius 1 is 1.26 bits per heavy atom. The lowest BCUT2D eigenvalue weighted by Crippen LogP contribution is -3.14. The van der Waals surface area contributed by atoms with Gasteiger partial charge in [-0.15, -0.1) is 0 Å². The Hall–Kier alpha value is -2.79. The molecular weight excluding hydrogens is 336 g/mol. The Morgan fingerprint density at radius 2 is 2.15 bits per heavy atom. The molecule has 3 heterocycles. The van der Waals surface area contributed by atoms with E-state index in [0.29, 0.717) is 11.6 Å². The number of likely N-dealkylation sites (N-methyl/N-ethyl adjacent to an activating group) is 1. The lowest BCUT2D eigenvalue weighted by molar-refractivity contribution is -0.909. The number of carbonyl (C=O) groups excluding carboxylic acids is 1. The van der Waals surface area contributed by atoms with Crippen LogP contribution < -0.4 is 10.2 Å². The van der Waals surface area contributed by atoms with Crippen LogP contribution in [0.1, 0.15) is 30.1 Å². The van der Waals surface area contributed by atoms with E-state index in [1.807, 2.05) is 42.5 Å². The average molecular weight is 361 g/mol. The molecule has 0 spiro atoms. The lowest BCUT2D eigenvalue weighted by Gasteiger charge is -2.20. The number of hydrogen-bond acceptors (Lipinski definition) is 3. The number of benzene rings is 1. The molecule has 2 unspecified atom stereocenters. The summed E-state index contributed by atoms with van der Waals surface area (Å²) >= 11 is 0. The maximum absolute atomic E-state index is 13.0. The van der Waals surface area contributed by atoms with Gasteiger partial charge in [0, 0.05) is 36.2 Å². The van der Waals surface area contributed by atoms with E-state index in [-0.39, 0.29) is 5.91 Å². The van der Waals surface area contributed by atoms with Crippen LogP contribution in [-0.4, -0.2) is 41.6 Å². The molecule has 2 N–H and O–H groups in total. The Kier molecular flexibility index (Phi) is 5.12. The largest absolute Gasteiger partial charge is 0.346 e. The molecule has 0 bridgehead atoms. The summed E-state index contributed by atoms with van der Waals surface area (Å²) < 4.78 is 0. The molecule has 2 aromatic heterocycles. The summed E-state index contributed by atoms with van der Waals surface area (Å²) in [6, 6.07) is 14.1. The topological polar surface area (TPSA) is 59.3 Å². The highest BCUT2D eigenvalue weighted by Crippen LogP contribution is 2.24. The number of amides is 1. The van der Waals surface area contributed by atoms with E-state index < -0.39 is 0 Å². The Bertz CT molecular complexity index is 941. The molecule has 1 fully saturated rings. The molecule has 5 heteroatoms. The van der Waals surface area contributed by atoms with Crippen LogP contribution in [0.4, 0.5) is 0 Å². The predicted octanol–water partition coefficient (Wildman–Crippen LogP) is 2.09. The first-order chi connectivity index (χ1) is 13.3. The van der Waals surface area contributed by atoms with E-state index in [1.165, 1.54) is 19.4 Å². The van der Waals surface area contributed by atoms with Gasteiger partial charge in [0.2, 0.25) is 0 Å². The third-order valence-electron chi connectivity index (χ3n) is 5.51. The van der Waals surface area contributed by atoms with Gasteiger partial charge in [-0.05, 0) is 31.2 Å². The maximum atomic E-state index is 13.0. The van der Waals surface area contributed by atoms with Crippen LogP contribution in [0.3, 0.4) is 0 Å². The fraction of sp³-hybridized carbons (Fsp3) is 0.318. The van der Waals surface area contributed by atoms with Gasteiger partial charge in [0.1, 0.15) is 6.04 Å². The highest BCUT2D eigenvalue weighted by atomic mass is 16.1. The Balaban J connectivity index is 1.64. The normalized spacial score (nSPS) is 19.3. The van der Waals surface area contributed by atoms with Crippen LogP contribution in [0.2, 0.25) is 0 Å². The van der Waals surface area contributed by atoms with Crippen LogP contribution in [0.5, 0.6) is 0 Å². The molecule has 5 nitrogen and oxygen atoms in total. The fourth-order valence-corrected chi connectivity index (χ4v) is 4.03. The minimum atomic E-state index is -0.0268. The standard InChI is InChI=1S/C22H24N4O/c1-2-26-12-6-8-17(26)15-24-22(27)19-13-21(16-7-5-11-23-14-16)25-20-10-4-3-9-18(19)20/h3-5,7,9-11,13-14,17H,2,6,8,12,15H2,1H3,(H,24,27)/p+1. The fourth-order valence-electron chi connectivity index (χ4n) is 4.03. The van der Waals surface area contributed by atoms with Gasteiger partial charge < -0.3 is 10.2 Å². The van der Waals surface area contributed by atoms with E-state index in [0.717, 1.165) is 35.2 Å². The number of rotatable bonds is 5. The number of fused-ring (bicyclic) bond motifs is 1. The predicted molar refractivity (Wildman–Crippen MR) is 107 cm³/mol. The van der Waals surface area contributed by atoms with Crippen molar-refractivity contribution in [2.45, 2.75) is 25.8 Å². The highest BCUT2D eigenvalue weighted by Gasteiger charge is 2.27. The lowest BCUT2D eigenvalue weighted by atomic mass is 10.0. The maximum Gasteiger partial charge on any atom is 0.252 e. The van der Waals surface area contributed by atoms with Crippen molar-refractivity contribution in [1.82, 2.24) is 15.3 Å². The van der Waals surface area contributed by atoms with Crippen LogP contribution >= 0.6 is 0 Å². The Labute approximate surface area is 159 Å². The van der Waals surface area contributed by atoms with E-state index in [2.05, 4.69) is 17.2 Å². The average Bonchev–Trinajstić information content (AvgIpc) is 3.19. The van der Waals surface area contributed by atoms with Crippen LogP contribution in [0, 0.1) is 0 Å². The first-order valence-corrected chi connectivity index (χ1v) is 9.69. The Morgan fingerprint density at radius 3 is 2.96 bits per heavy atom. The number of carbonyl (C=O) groups is 1. The number of hydrogen-bond donors (Lipinski definition) is 2. The van der Waals surface area contributed by atoms with E-state index in [4.69, 9.17) is 4.98 Å². The highest BCUT2D eigenvalue weighted by molar-refractivity contribution is 6.07. The van der Waals surface area contributed by atoms with E-state index >= 15 is 0 Å². The molecular formula is C22H25N4O+. The number of nitrogens with one attached hydrogen (secondary N) is 2. The molecule has 1 aliphatic rings. The summed E-state index contributed by atoms with van der Waals surface area (Å²) in [7, 11) is 0. The molecule has 1 saturated heterocycles. The first kappa shape index (κ1) is 17.6. The van der Waals surface area contributed by atoms with Gasteiger partial charge in [0.25, 0.3) is 5.91 Å². The molecule has 0 radical (unpaired) electrons. The second-order valence-electron chi connectivity index (χ2n) is 7.12. The molecule has 138 valence electrons. The van der Waals surface area contributed by atoms with Gasteiger partial charge in [-0.25, -0.2) is 4.98 Å². The van der Waals surface area contributed by atoms with Crippen molar-refractivity contribution in [3.63, 3.8) is 0 Å². The number of quaternary nitrogens is 1. The first-order valence-electron chi connectivity index (χ1n) is 9.69. The monoisotopic (exact) mass is 361 g/mol. The smallest absolute Gasteiger partial charge is 0.252 e. The molecule has 1 amide bonds. The van der Waals surface area contributed by atoms with Crippen LogP contribution in [0.25, 0.3) is 22.2 Å². The van der Waals surface area contributed by atoms with Crippen molar-refractivity contribution in [3.05, 3.63) is 60.4 Å². The quantitative estimate of drug-likeness (QED) is 0.732. The molecule has 4 rings (SSSR count). The van der Waals surface area contributed by atoms with Crippen molar-refractivity contribution in [1.29, 1.82) is 0 Å². The third kappa shape index (κ3) is 3.69. The zero-order valence-electron chi connectivity index (χ0n) is 15.6. The van der Waals surface area contributed by atoms with E-state index in [9.17, 15) is 4.79 Å². The summed E-state index contributed by atoms with van der Waals surface area (Å²) in [6.07, 6.45) is 5.94. The summed E-state index contributed by atoms with van der Waals surface area (Å²) in [5.74, 6) is -0.0268.